The number of rotatable bonds is 10. The van der Waals surface area contributed by atoms with Gasteiger partial charge in [-0.25, -0.2) is 0 Å². The van der Waals surface area contributed by atoms with E-state index in [1.54, 1.807) is 48.5 Å². The normalized spacial score (nSPS) is 28.2. The molecule has 0 bridgehead atoms. The fourth-order valence-corrected chi connectivity index (χ4v) is 8.30. The van der Waals surface area contributed by atoms with E-state index in [0.29, 0.717) is 52.5 Å². The molecule has 12 nitrogen and oxygen atoms in total. The lowest BCUT2D eigenvalue weighted by Gasteiger charge is -2.35. The molecule has 8 rings (SSSR count). The van der Waals surface area contributed by atoms with Gasteiger partial charge in [-0.3, -0.25) is 0 Å². The summed E-state index contributed by atoms with van der Waals surface area (Å²) in [5, 5.41) is 35.0. The lowest BCUT2D eigenvalue weighted by atomic mass is 9.96. The van der Waals surface area contributed by atoms with E-state index in [0.717, 1.165) is 67.8 Å². The molecule has 12 atom stereocenters. The molecular formula is C58H72N4O8. The first-order valence-corrected chi connectivity index (χ1v) is 25.0. The number of nitrogens with zero attached hydrogens (tertiary/aromatic N) is 4. The molecule has 4 aliphatic heterocycles. The third-order valence-corrected chi connectivity index (χ3v) is 13.4. The minimum atomic E-state index is -0.293. The van der Waals surface area contributed by atoms with E-state index in [1.165, 1.54) is 12.8 Å². The van der Waals surface area contributed by atoms with Gasteiger partial charge in [0.05, 0.1) is 97.4 Å². The Morgan fingerprint density at radius 1 is 0.386 bits per heavy atom. The highest BCUT2D eigenvalue weighted by Gasteiger charge is 2.32. The Morgan fingerprint density at radius 2 is 0.686 bits per heavy atom. The van der Waals surface area contributed by atoms with Crippen molar-refractivity contribution in [2.75, 3.05) is 26.4 Å². The van der Waals surface area contributed by atoms with Crippen LogP contribution in [0.25, 0.3) is 0 Å². The highest BCUT2D eigenvalue weighted by Crippen LogP contribution is 2.34. The molecule has 0 amide bonds. The summed E-state index contributed by atoms with van der Waals surface area (Å²) in [4.78, 5) is 0. The van der Waals surface area contributed by atoms with Crippen LogP contribution in [-0.4, -0.2) is 50.8 Å². The SMILES string of the molecule is CC1COC(c2ccc(C#N)cc2)OC1C.CCC1COC(c2ccc(C#N)cc2)OC1C.CCCC1COC(c2ccc(C#N)cc2)OC1C.CCCCC1COC(c2ccc(C#N)cc2)OC1C. The standard InChI is InChI=1S/C16H21NO2.C15H19NO2.C14H17NO2.C13H15NO2/c1-3-4-5-15-11-18-16(19-12(15)2)14-8-6-13(10-17)7-9-14;1-3-4-14-10-17-15(18-11(14)2)13-7-5-12(9-16)6-8-13;1-3-12-9-16-14(17-10(12)2)13-6-4-11(8-15)5-7-13;1-9-8-15-13(16-10(9)2)12-5-3-11(7-14)4-6-12/h6-9,12,15-16H,3-5,11H2,1-2H3;5-8,11,14-15H,3-4,10H2,1-2H3;4-7,10,12,14H,3,9H2,1-2H3;3-6,9-10,13H,8H2,1-2H3. The Labute approximate surface area is 416 Å². The molecule has 0 spiro atoms. The van der Waals surface area contributed by atoms with Gasteiger partial charge in [0.1, 0.15) is 0 Å². The predicted octanol–water partition coefficient (Wildman–Crippen LogP) is 12.9. The van der Waals surface area contributed by atoms with Gasteiger partial charge in [0, 0.05) is 45.9 Å². The summed E-state index contributed by atoms with van der Waals surface area (Å²) in [5.74, 6) is 1.89. The van der Waals surface area contributed by atoms with Crippen LogP contribution in [0.4, 0.5) is 0 Å². The summed E-state index contributed by atoms with van der Waals surface area (Å²) >= 11 is 0. The van der Waals surface area contributed by atoms with Crippen molar-refractivity contribution in [2.45, 2.75) is 143 Å². The second-order valence-corrected chi connectivity index (χ2v) is 18.6. The predicted molar refractivity (Wildman–Crippen MR) is 266 cm³/mol. The van der Waals surface area contributed by atoms with Crippen molar-refractivity contribution in [3.8, 4) is 24.3 Å². The molecule has 4 fully saturated rings. The molecule has 0 saturated carbocycles. The smallest absolute Gasteiger partial charge is 0.184 e. The van der Waals surface area contributed by atoms with E-state index < -0.39 is 0 Å². The topological polar surface area (TPSA) is 169 Å². The van der Waals surface area contributed by atoms with Crippen molar-refractivity contribution in [1.82, 2.24) is 0 Å². The Morgan fingerprint density at radius 3 is 0.957 bits per heavy atom. The van der Waals surface area contributed by atoms with Gasteiger partial charge in [0.15, 0.2) is 25.2 Å². The van der Waals surface area contributed by atoms with Crippen LogP contribution in [0.3, 0.4) is 0 Å². The highest BCUT2D eigenvalue weighted by atomic mass is 16.7. The van der Waals surface area contributed by atoms with Crippen molar-refractivity contribution in [1.29, 1.82) is 21.0 Å². The van der Waals surface area contributed by atoms with E-state index in [9.17, 15) is 0 Å². The zero-order valence-electron chi connectivity index (χ0n) is 42.3. The molecule has 0 aliphatic carbocycles. The molecule has 0 radical (unpaired) electrons. The Balaban J connectivity index is 0.000000174. The lowest BCUT2D eigenvalue weighted by molar-refractivity contribution is -0.237. The minimum Gasteiger partial charge on any atom is -0.348 e. The molecule has 4 aromatic carbocycles. The van der Waals surface area contributed by atoms with Gasteiger partial charge in [-0.1, -0.05) is 95.5 Å². The van der Waals surface area contributed by atoms with Crippen LogP contribution in [0.15, 0.2) is 97.1 Å². The van der Waals surface area contributed by atoms with Gasteiger partial charge in [0.2, 0.25) is 0 Å². The summed E-state index contributed by atoms with van der Waals surface area (Å²) in [6.45, 7) is 20.0. The average molecular weight is 953 g/mol. The first kappa shape index (κ1) is 55.4. The van der Waals surface area contributed by atoms with Crippen LogP contribution in [0.2, 0.25) is 0 Å². The third-order valence-electron chi connectivity index (χ3n) is 13.4. The Hall–Kier alpha value is -5.48. The zero-order valence-corrected chi connectivity index (χ0v) is 42.3. The molecule has 0 aromatic heterocycles. The van der Waals surface area contributed by atoms with Crippen LogP contribution in [0, 0.1) is 69.0 Å². The molecule has 372 valence electrons. The van der Waals surface area contributed by atoms with Crippen molar-refractivity contribution in [3.63, 3.8) is 0 Å². The van der Waals surface area contributed by atoms with E-state index in [2.05, 4.69) is 79.7 Å². The van der Waals surface area contributed by atoms with Gasteiger partial charge >= 0.3 is 0 Å². The van der Waals surface area contributed by atoms with Crippen molar-refractivity contribution >= 4 is 0 Å². The lowest BCUT2D eigenvalue weighted by Crippen LogP contribution is -2.34. The van der Waals surface area contributed by atoms with E-state index in [1.807, 2.05) is 48.5 Å². The van der Waals surface area contributed by atoms with Gasteiger partial charge in [-0.2, -0.15) is 21.0 Å². The fourth-order valence-electron chi connectivity index (χ4n) is 8.30. The maximum absolute atomic E-state index is 8.79. The summed E-state index contributed by atoms with van der Waals surface area (Å²) in [6, 6.07) is 37.9. The van der Waals surface area contributed by atoms with Crippen molar-refractivity contribution in [3.05, 3.63) is 142 Å². The molecule has 4 heterocycles. The number of ether oxygens (including phenoxy) is 8. The summed E-state index contributed by atoms with van der Waals surface area (Å²) < 4.78 is 46.4. The van der Waals surface area contributed by atoms with Crippen LogP contribution >= 0.6 is 0 Å². The minimum absolute atomic E-state index is 0.203. The summed E-state index contributed by atoms with van der Waals surface area (Å²) in [5.41, 5.74) is 6.55. The third kappa shape index (κ3) is 16.6. The highest BCUT2D eigenvalue weighted by molar-refractivity contribution is 5.34. The monoisotopic (exact) mass is 953 g/mol. The van der Waals surface area contributed by atoms with Gasteiger partial charge in [-0.15, -0.1) is 0 Å². The molecule has 4 saturated heterocycles. The number of hydrogen-bond acceptors (Lipinski definition) is 12. The van der Waals surface area contributed by atoms with Crippen LogP contribution < -0.4 is 0 Å². The fraction of sp³-hybridized carbons (Fsp3) is 0.517. The number of benzene rings is 4. The van der Waals surface area contributed by atoms with Crippen molar-refractivity contribution < 1.29 is 37.9 Å². The number of unbranched alkanes of at least 4 members (excludes halogenated alkanes) is 1. The molecule has 70 heavy (non-hydrogen) atoms. The van der Waals surface area contributed by atoms with Gasteiger partial charge in [-0.05, 0) is 95.5 Å². The maximum Gasteiger partial charge on any atom is 0.184 e. The Kier molecular flexibility index (Phi) is 23.0. The van der Waals surface area contributed by atoms with Crippen LogP contribution in [0.1, 0.15) is 164 Å². The number of hydrogen-bond donors (Lipinski definition) is 0. The van der Waals surface area contributed by atoms with E-state index in [4.69, 9.17) is 58.9 Å². The van der Waals surface area contributed by atoms with E-state index >= 15 is 0 Å². The maximum atomic E-state index is 8.79. The Bertz CT molecular complexity index is 2320. The molecule has 4 aliphatic rings. The second-order valence-electron chi connectivity index (χ2n) is 18.6. The van der Waals surface area contributed by atoms with Gasteiger partial charge < -0.3 is 37.9 Å². The van der Waals surface area contributed by atoms with E-state index in [-0.39, 0.29) is 49.6 Å². The zero-order chi connectivity index (χ0) is 50.4. The largest absolute Gasteiger partial charge is 0.348 e. The number of nitriles is 4. The quantitative estimate of drug-likeness (QED) is 0.148. The molecule has 4 aromatic rings. The summed E-state index contributed by atoms with van der Waals surface area (Å²) in [6.07, 6.45) is 6.67. The van der Waals surface area contributed by atoms with Gasteiger partial charge in [0.25, 0.3) is 0 Å². The first-order valence-electron chi connectivity index (χ1n) is 25.0. The molecule has 12 heteroatoms. The van der Waals surface area contributed by atoms with Crippen molar-refractivity contribution in [2.24, 2.45) is 23.7 Å². The molecular weight excluding hydrogens is 881 g/mol. The molecule has 12 unspecified atom stereocenters. The summed E-state index contributed by atoms with van der Waals surface area (Å²) in [7, 11) is 0. The van der Waals surface area contributed by atoms with Crippen LogP contribution in [0.5, 0.6) is 0 Å². The first-order chi connectivity index (χ1) is 33.9. The molecule has 0 N–H and O–H groups in total. The second kappa shape index (κ2) is 29.0. The average Bonchev–Trinajstić information content (AvgIpc) is 3.40. The van der Waals surface area contributed by atoms with Crippen LogP contribution in [-0.2, 0) is 37.9 Å².